The normalized spacial score (nSPS) is 11.8. The maximum Gasteiger partial charge on any atom is 0.337 e. The lowest BCUT2D eigenvalue weighted by Crippen LogP contribution is -2.22. The summed E-state index contributed by atoms with van der Waals surface area (Å²) >= 11 is 0. The number of aliphatic carboxylic acids is 1. The van der Waals surface area contributed by atoms with Gasteiger partial charge in [0.25, 0.3) is 0 Å². The van der Waals surface area contributed by atoms with E-state index in [2.05, 4.69) is 11.9 Å². The largest absolute Gasteiger partial charge is 0.478 e. The molecule has 0 amide bonds. The molecule has 0 aliphatic carbocycles. The van der Waals surface area contributed by atoms with Crippen molar-refractivity contribution in [2.75, 3.05) is 0 Å². The summed E-state index contributed by atoms with van der Waals surface area (Å²) in [5.41, 5.74) is 4.83. The zero-order valence-corrected chi connectivity index (χ0v) is 21.7. The van der Waals surface area contributed by atoms with Gasteiger partial charge in [0, 0.05) is 22.4 Å². The van der Waals surface area contributed by atoms with E-state index in [9.17, 15) is 14.7 Å². The summed E-state index contributed by atoms with van der Waals surface area (Å²) in [5.74, 6) is -0.577. The topological polar surface area (TPSA) is 79.5 Å². The van der Waals surface area contributed by atoms with Crippen molar-refractivity contribution in [3.05, 3.63) is 105 Å². The molecule has 5 heteroatoms. The maximum absolute atomic E-state index is 13.3. The highest BCUT2D eigenvalue weighted by atomic mass is 16.4. The van der Waals surface area contributed by atoms with E-state index in [1.54, 1.807) is 13.0 Å². The molecule has 0 aliphatic heterocycles. The fraction of sp³-hybridized carbons (Fsp3) is 0.267. The molecule has 0 saturated heterocycles. The zero-order chi connectivity index (χ0) is 26.3. The monoisotopic (exact) mass is 473 g/mol. The number of carbonyl (C=O) groups is 1. The first-order valence-corrected chi connectivity index (χ1v) is 11.8. The second-order valence-corrected chi connectivity index (χ2v) is 8.46. The Hall–Kier alpha value is -3.86. The Morgan fingerprint density at radius 2 is 1.71 bits per heavy atom. The fourth-order valence-electron chi connectivity index (χ4n) is 3.67. The van der Waals surface area contributed by atoms with E-state index in [-0.39, 0.29) is 17.0 Å². The Labute approximate surface area is 207 Å². The zero-order valence-electron chi connectivity index (χ0n) is 21.7. The summed E-state index contributed by atoms with van der Waals surface area (Å²) in [6.07, 6.45) is 3.53. The lowest BCUT2D eigenvalue weighted by atomic mass is 9.98. The van der Waals surface area contributed by atoms with Gasteiger partial charge in [0.2, 0.25) is 0 Å². The Kier molecular flexibility index (Phi) is 9.41. The van der Waals surface area contributed by atoms with Crippen LogP contribution in [0, 0.1) is 13.8 Å². The molecule has 5 nitrogen and oxygen atoms in total. The van der Waals surface area contributed by atoms with Crippen LogP contribution in [0.3, 0.4) is 0 Å². The Balaban J connectivity index is 0.00000210. The molecule has 35 heavy (non-hydrogen) atoms. The molecule has 1 heterocycles. The van der Waals surface area contributed by atoms with Crippen LogP contribution in [0.2, 0.25) is 0 Å². The number of hydrogen-bond donors (Lipinski definition) is 2. The van der Waals surface area contributed by atoms with Gasteiger partial charge >= 0.3 is 5.97 Å². The molecule has 2 aromatic carbocycles. The van der Waals surface area contributed by atoms with Crippen LogP contribution in [0.5, 0.6) is 0 Å². The van der Waals surface area contributed by atoms with Gasteiger partial charge in [-0.15, -0.1) is 0 Å². The number of nitrogens with one attached hydrogen (secondary N) is 1. The van der Waals surface area contributed by atoms with Crippen molar-refractivity contribution in [1.82, 2.24) is 5.32 Å². The number of benzene rings is 2. The Bertz CT molecular complexity index is 1340. The summed E-state index contributed by atoms with van der Waals surface area (Å²) in [5, 5.41) is 13.2. The molecule has 0 fully saturated rings. The van der Waals surface area contributed by atoms with Gasteiger partial charge in [0.15, 0.2) is 5.43 Å². The second-order valence-electron chi connectivity index (χ2n) is 8.46. The van der Waals surface area contributed by atoms with Gasteiger partial charge in [0.1, 0.15) is 11.3 Å². The summed E-state index contributed by atoms with van der Waals surface area (Å²) in [6, 6.07) is 13.0. The molecule has 1 unspecified atom stereocenters. The maximum atomic E-state index is 13.3. The predicted octanol–water partition coefficient (Wildman–Crippen LogP) is 7.24. The van der Waals surface area contributed by atoms with Crippen LogP contribution in [-0.4, -0.2) is 11.1 Å². The third-order valence-electron chi connectivity index (χ3n) is 5.43. The minimum atomic E-state index is -1.11. The van der Waals surface area contributed by atoms with Crippen molar-refractivity contribution in [3.63, 3.8) is 0 Å². The molecule has 2 N–H and O–H groups in total. The first-order chi connectivity index (χ1) is 16.6. The Morgan fingerprint density at radius 3 is 2.29 bits per heavy atom. The van der Waals surface area contributed by atoms with Crippen molar-refractivity contribution in [3.8, 4) is 11.3 Å². The summed E-state index contributed by atoms with van der Waals surface area (Å²) < 4.78 is 6.34. The average molecular weight is 474 g/mol. The molecule has 0 spiro atoms. The standard InChI is InChI=1S/C28H29NO4.C2H6/c1-16(2)12-13-24(18(4)28(31)32)29-20(6)22-14-17(3)15-23-25(30)19(5)26(33-27(22)23)21-10-8-7-9-11-21;1-2/h7-15,20,29H,4H2,1-3,5-6H3,(H,31,32);1-2H3/b24-13+;. The fourth-order valence-corrected chi connectivity index (χ4v) is 3.67. The molecule has 0 aliphatic rings. The van der Waals surface area contributed by atoms with E-state index in [0.717, 1.165) is 22.3 Å². The van der Waals surface area contributed by atoms with Gasteiger partial charge < -0.3 is 14.8 Å². The number of allylic oxidation sites excluding steroid dienone is 3. The molecule has 1 aromatic heterocycles. The van der Waals surface area contributed by atoms with Gasteiger partial charge in [0.05, 0.1) is 17.0 Å². The molecule has 0 bridgehead atoms. The molecule has 0 radical (unpaired) electrons. The molecule has 184 valence electrons. The minimum absolute atomic E-state index is 0.0430. The molecule has 3 rings (SSSR count). The van der Waals surface area contributed by atoms with Crippen molar-refractivity contribution >= 4 is 16.9 Å². The van der Waals surface area contributed by atoms with E-state index in [1.807, 2.05) is 90.1 Å². The van der Waals surface area contributed by atoms with E-state index < -0.39 is 5.97 Å². The summed E-state index contributed by atoms with van der Waals surface area (Å²) in [4.78, 5) is 24.8. The number of carboxylic acids is 1. The van der Waals surface area contributed by atoms with Crippen LogP contribution in [-0.2, 0) is 4.79 Å². The Morgan fingerprint density at radius 1 is 1.09 bits per heavy atom. The van der Waals surface area contributed by atoms with Gasteiger partial charge in [-0.1, -0.05) is 68.5 Å². The third kappa shape index (κ3) is 6.38. The van der Waals surface area contributed by atoms with E-state index in [1.165, 1.54) is 0 Å². The number of fused-ring (bicyclic) bond motifs is 1. The van der Waals surface area contributed by atoms with E-state index >= 15 is 0 Å². The van der Waals surface area contributed by atoms with Crippen molar-refractivity contribution in [2.24, 2.45) is 0 Å². The molecular formula is C30H35NO4. The van der Waals surface area contributed by atoms with E-state index in [4.69, 9.17) is 4.42 Å². The van der Waals surface area contributed by atoms with Crippen LogP contribution >= 0.6 is 0 Å². The van der Waals surface area contributed by atoms with Crippen LogP contribution in [0.1, 0.15) is 57.4 Å². The molecule has 3 aromatic rings. The van der Waals surface area contributed by atoms with Gasteiger partial charge in [-0.2, -0.15) is 0 Å². The molecule has 0 saturated carbocycles. The summed E-state index contributed by atoms with van der Waals surface area (Å²) in [6.45, 7) is 17.2. The average Bonchev–Trinajstić information content (AvgIpc) is 2.84. The summed E-state index contributed by atoms with van der Waals surface area (Å²) in [7, 11) is 0. The first-order valence-electron chi connectivity index (χ1n) is 11.8. The molecular weight excluding hydrogens is 438 g/mol. The lowest BCUT2D eigenvalue weighted by molar-refractivity contribution is -0.132. The molecule has 1 atom stereocenters. The minimum Gasteiger partial charge on any atom is -0.478 e. The van der Waals surface area contributed by atoms with Crippen molar-refractivity contribution < 1.29 is 14.3 Å². The quantitative estimate of drug-likeness (QED) is 0.279. The number of hydrogen-bond acceptors (Lipinski definition) is 4. The SMILES string of the molecule is C=C(C(=O)O)/C(=C\C=C(C)C)NC(C)c1cc(C)cc2c(=O)c(C)c(-c3ccccc3)oc12.CC. The first kappa shape index (κ1) is 27.4. The van der Waals surface area contributed by atoms with Crippen molar-refractivity contribution in [2.45, 2.75) is 54.5 Å². The highest BCUT2D eigenvalue weighted by Gasteiger charge is 2.20. The van der Waals surface area contributed by atoms with Crippen LogP contribution in [0.4, 0.5) is 0 Å². The highest BCUT2D eigenvalue weighted by molar-refractivity contribution is 5.91. The van der Waals surface area contributed by atoms with Crippen molar-refractivity contribution in [1.29, 1.82) is 0 Å². The van der Waals surface area contributed by atoms with Crippen LogP contribution in [0.15, 0.2) is 87.3 Å². The van der Waals surface area contributed by atoms with Gasteiger partial charge in [-0.05, 0) is 52.3 Å². The lowest BCUT2D eigenvalue weighted by Gasteiger charge is -2.20. The third-order valence-corrected chi connectivity index (χ3v) is 5.43. The predicted molar refractivity (Wildman–Crippen MR) is 145 cm³/mol. The highest BCUT2D eigenvalue weighted by Crippen LogP contribution is 2.31. The van der Waals surface area contributed by atoms with Crippen LogP contribution in [0.25, 0.3) is 22.3 Å². The number of carboxylic acid groups (broad SMARTS) is 1. The second kappa shape index (κ2) is 12.0. The smallest absolute Gasteiger partial charge is 0.337 e. The van der Waals surface area contributed by atoms with Crippen LogP contribution < -0.4 is 10.7 Å². The number of aryl methyl sites for hydroxylation is 1. The number of rotatable bonds is 7. The van der Waals surface area contributed by atoms with Gasteiger partial charge in [-0.25, -0.2) is 4.79 Å². The van der Waals surface area contributed by atoms with E-state index in [0.29, 0.717) is 28.0 Å². The van der Waals surface area contributed by atoms with Gasteiger partial charge in [-0.3, -0.25) is 4.79 Å².